The van der Waals surface area contributed by atoms with Gasteiger partial charge in [0, 0.05) is 19.2 Å². The minimum Gasteiger partial charge on any atom is -0.497 e. The summed E-state index contributed by atoms with van der Waals surface area (Å²) in [5.74, 6) is -0.546. The van der Waals surface area contributed by atoms with Crippen molar-refractivity contribution in [2.24, 2.45) is 11.5 Å². The van der Waals surface area contributed by atoms with Gasteiger partial charge in [-0.15, -0.1) is 0 Å². The van der Waals surface area contributed by atoms with Crippen LogP contribution in [0.1, 0.15) is 29.6 Å². The van der Waals surface area contributed by atoms with Crippen molar-refractivity contribution in [1.29, 1.82) is 0 Å². The number of ether oxygens (including phenoxy) is 2. The molecule has 1 aromatic rings. The highest BCUT2D eigenvalue weighted by atomic mass is 16.5. The first-order valence-electron chi connectivity index (χ1n) is 8.85. The molecule has 1 aromatic carbocycles. The van der Waals surface area contributed by atoms with Crippen LogP contribution in [-0.2, 0) is 9.59 Å². The van der Waals surface area contributed by atoms with Crippen LogP contribution in [0.15, 0.2) is 18.2 Å². The van der Waals surface area contributed by atoms with Gasteiger partial charge in [-0.2, -0.15) is 0 Å². The summed E-state index contributed by atoms with van der Waals surface area (Å²) in [4.78, 5) is 37.9. The first kappa shape index (κ1) is 20.5. The molecule has 1 saturated heterocycles. The highest BCUT2D eigenvalue weighted by Crippen LogP contribution is 2.25. The Morgan fingerprint density at radius 1 is 1.33 bits per heavy atom. The Bertz CT molecular complexity index is 694. The molecule has 0 aromatic heterocycles. The fourth-order valence-electron chi connectivity index (χ4n) is 2.94. The maximum absolute atomic E-state index is 12.6. The third kappa shape index (κ3) is 5.33. The minimum absolute atomic E-state index is 0.154. The first-order valence-corrected chi connectivity index (χ1v) is 8.85. The largest absolute Gasteiger partial charge is 0.497 e. The maximum Gasteiger partial charge on any atom is 0.261 e. The Balaban J connectivity index is 2.00. The lowest BCUT2D eigenvalue weighted by Gasteiger charge is -2.24. The van der Waals surface area contributed by atoms with Crippen LogP contribution in [-0.4, -0.2) is 62.0 Å². The zero-order valence-electron chi connectivity index (χ0n) is 15.4. The van der Waals surface area contributed by atoms with E-state index in [1.54, 1.807) is 6.07 Å². The summed E-state index contributed by atoms with van der Waals surface area (Å²) in [6.45, 7) is 1.15. The lowest BCUT2D eigenvalue weighted by molar-refractivity contribution is -0.139. The summed E-state index contributed by atoms with van der Waals surface area (Å²) in [6.07, 6.45) is 2.03. The first-order chi connectivity index (χ1) is 13.0. The molecule has 1 atom stereocenters. The SMILES string of the molecule is COc1ccc(C(N)=O)c(OCC(=O)N2CCC[C@H]2C(=O)NCCCN)c1. The molecule has 9 heteroatoms. The van der Waals surface area contributed by atoms with Crippen LogP contribution in [0.4, 0.5) is 0 Å². The molecule has 0 saturated carbocycles. The van der Waals surface area contributed by atoms with Crippen molar-refractivity contribution < 1.29 is 23.9 Å². The van der Waals surface area contributed by atoms with E-state index < -0.39 is 11.9 Å². The van der Waals surface area contributed by atoms with Crippen molar-refractivity contribution in [3.8, 4) is 11.5 Å². The van der Waals surface area contributed by atoms with Crippen LogP contribution in [0.5, 0.6) is 11.5 Å². The van der Waals surface area contributed by atoms with E-state index in [-0.39, 0.29) is 29.7 Å². The standard InChI is InChI=1S/C18H26N4O5/c1-26-12-5-6-13(17(20)24)15(10-12)27-11-16(23)22-9-2-4-14(22)18(25)21-8-3-7-19/h5-6,10,14H,2-4,7-9,11,19H2,1H3,(H2,20,24)(H,21,25)/t14-/m0/s1. The minimum atomic E-state index is -0.668. The third-order valence-corrected chi connectivity index (χ3v) is 4.36. The average Bonchev–Trinajstić information content (AvgIpc) is 3.15. The molecule has 0 bridgehead atoms. The van der Waals surface area contributed by atoms with E-state index in [0.29, 0.717) is 38.2 Å². The van der Waals surface area contributed by atoms with Gasteiger partial charge in [-0.25, -0.2) is 0 Å². The highest BCUT2D eigenvalue weighted by Gasteiger charge is 2.34. The summed E-state index contributed by atoms with van der Waals surface area (Å²) in [7, 11) is 1.48. The van der Waals surface area contributed by atoms with Crippen LogP contribution in [0.25, 0.3) is 0 Å². The summed E-state index contributed by atoms with van der Waals surface area (Å²) in [5, 5.41) is 2.79. The van der Waals surface area contributed by atoms with Gasteiger partial charge in [0.2, 0.25) is 5.91 Å². The van der Waals surface area contributed by atoms with Crippen LogP contribution < -0.4 is 26.3 Å². The Morgan fingerprint density at radius 3 is 2.78 bits per heavy atom. The van der Waals surface area contributed by atoms with Crippen molar-refractivity contribution in [2.45, 2.75) is 25.3 Å². The lowest BCUT2D eigenvalue weighted by Crippen LogP contribution is -2.47. The Kier molecular flexibility index (Phi) is 7.42. The number of hydrogen-bond donors (Lipinski definition) is 3. The number of primary amides is 1. The van der Waals surface area contributed by atoms with Crippen molar-refractivity contribution in [3.05, 3.63) is 23.8 Å². The molecule has 2 rings (SSSR count). The van der Waals surface area contributed by atoms with Gasteiger partial charge >= 0.3 is 0 Å². The number of rotatable bonds is 9. The predicted octanol–water partition coefficient (Wildman–Crippen LogP) is -0.371. The zero-order valence-corrected chi connectivity index (χ0v) is 15.4. The highest BCUT2D eigenvalue weighted by molar-refractivity contribution is 5.96. The van der Waals surface area contributed by atoms with Gasteiger partial charge in [-0.3, -0.25) is 14.4 Å². The maximum atomic E-state index is 12.6. The van der Waals surface area contributed by atoms with E-state index in [9.17, 15) is 14.4 Å². The third-order valence-electron chi connectivity index (χ3n) is 4.36. The van der Waals surface area contributed by atoms with E-state index in [1.807, 2.05) is 0 Å². The Hall–Kier alpha value is -2.81. The number of methoxy groups -OCH3 is 1. The fraction of sp³-hybridized carbons (Fsp3) is 0.500. The Labute approximate surface area is 158 Å². The molecule has 0 unspecified atom stereocenters. The number of hydrogen-bond acceptors (Lipinski definition) is 6. The van der Waals surface area contributed by atoms with E-state index in [1.165, 1.54) is 24.1 Å². The number of nitrogens with one attached hydrogen (secondary N) is 1. The molecule has 1 heterocycles. The van der Waals surface area contributed by atoms with Gasteiger partial charge in [-0.05, 0) is 37.9 Å². The van der Waals surface area contributed by atoms with Crippen LogP contribution >= 0.6 is 0 Å². The number of carbonyl (C=O) groups excluding carboxylic acids is 3. The molecule has 27 heavy (non-hydrogen) atoms. The van der Waals surface area contributed by atoms with Crippen molar-refractivity contribution in [1.82, 2.24) is 10.2 Å². The number of carbonyl (C=O) groups is 3. The van der Waals surface area contributed by atoms with Crippen molar-refractivity contribution >= 4 is 17.7 Å². The fourth-order valence-corrected chi connectivity index (χ4v) is 2.94. The molecule has 3 amide bonds. The normalized spacial score (nSPS) is 16.1. The molecule has 0 aliphatic carbocycles. The van der Waals surface area contributed by atoms with Crippen LogP contribution in [0.3, 0.4) is 0 Å². The quantitative estimate of drug-likeness (QED) is 0.501. The summed E-state index contributed by atoms with van der Waals surface area (Å²) < 4.78 is 10.6. The molecule has 1 aliphatic rings. The second-order valence-electron chi connectivity index (χ2n) is 6.19. The van der Waals surface area contributed by atoms with E-state index in [4.69, 9.17) is 20.9 Å². The van der Waals surface area contributed by atoms with Gasteiger partial charge in [0.05, 0.1) is 12.7 Å². The van der Waals surface area contributed by atoms with E-state index in [2.05, 4.69) is 5.32 Å². The number of amides is 3. The molecule has 9 nitrogen and oxygen atoms in total. The second-order valence-corrected chi connectivity index (χ2v) is 6.19. The molecular weight excluding hydrogens is 352 g/mol. The number of likely N-dealkylation sites (tertiary alicyclic amines) is 1. The average molecular weight is 378 g/mol. The topological polar surface area (TPSA) is 137 Å². The molecular formula is C18H26N4O5. The molecule has 0 spiro atoms. The second kappa shape index (κ2) is 9.77. The predicted molar refractivity (Wildman–Crippen MR) is 98.4 cm³/mol. The van der Waals surface area contributed by atoms with E-state index in [0.717, 1.165) is 6.42 Å². The van der Waals surface area contributed by atoms with Crippen LogP contribution in [0, 0.1) is 0 Å². The van der Waals surface area contributed by atoms with Crippen molar-refractivity contribution in [2.75, 3.05) is 33.4 Å². The smallest absolute Gasteiger partial charge is 0.261 e. The van der Waals surface area contributed by atoms with Gasteiger partial charge in [0.1, 0.15) is 17.5 Å². The molecule has 5 N–H and O–H groups in total. The Morgan fingerprint density at radius 2 is 2.11 bits per heavy atom. The lowest BCUT2D eigenvalue weighted by atomic mass is 10.2. The van der Waals surface area contributed by atoms with E-state index >= 15 is 0 Å². The monoisotopic (exact) mass is 378 g/mol. The molecule has 1 aliphatic heterocycles. The summed E-state index contributed by atoms with van der Waals surface area (Å²) >= 11 is 0. The molecule has 148 valence electrons. The van der Waals surface area contributed by atoms with Crippen LogP contribution in [0.2, 0.25) is 0 Å². The summed E-state index contributed by atoms with van der Waals surface area (Å²) in [5.41, 5.74) is 10.9. The van der Waals surface area contributed by atoms with Gasteiger partial charge in [-0.1, -0.05) is 0 Å². The van der Waals surface area contributed by atoms with Gasteiger partial charge < -0.3 is 31.2 Å². The summed E-state index contributed by atoms with van der Waals surface area (Å²) in [6, 6.07) is 4.04. The van der Waals surface area contributed by atoms with Crippen molar-refractivity contribution in [3.63, 3.8) is 0 Å². The molecule has 0 radical (unpaired) electrons. The molecule has 1 fully saturated rings. The van der Waals surface area contributed by atoms with Gasteiger partial charge in [0.25, 0.3) is 11.8 Å². The van der Waals surface area contributed by atoms with Gasteiger partial charge in [0.15, 0.2) is 6.61 Å². The zero-order chi connectivity index (χ0) is 19.8. The number of nitrogens with two attached hydrogens (primary N) is 2. The number of nitrogens with zero attached hydrogens (tertiary/aromatic N) is 1. The number of benzene rings is 1.